The maximum atomic E-state index is 5.41. The van der Waals surface area contributed by atoms with E-state index in [1.165, 1.54) is 0 Å². The minimum atomic E-state index is 0.122. The summed E-state index contributed by atoms with van der Waals surface area (Å²) in [5.74, 6) is 0.970. The van der Waals surface area contributed by atoms with Crippen LogP contribution >= 0.6 is 0 Å². The number of ether oxygens (including phenoxy) is 1. The molecule has 0 aromatic carbocycles. The average molecular weight is 267 g/mol. The number of morpholine rings is 1. The van der Waals surface area contributed by atoms with E-state index in [2.05, 4.69) is 41.2 Å². The van der Waals surface area contributed by atoms with E-state index in [1.54, 1.807) is 6.33 Å². The molecule has 1 aromatic heterocycles. The third kappa shape index (κ3) is 3.52. The van der Waals surface area contributed by atoms with Crippen molar-refractivity contribution in [2.24, 2.45) is 7.05 Å². The van der Waals surface area contributed by atoms with Gasteiger partial charge >= 0.3 is 0 Å². The highest BCUT2D eigenvalue weighted by atomic mass is 16.5. The number of aromatic nitrogens is 3. The third-order valence-corrected chi connectivity index (χ3v) is 3.84. The topological polar surface area (TPSA) is 55.2 Å². The minimum absolute atomic E-state index is 0.122. The Bertz CT molecular complexity index is 397. The number of hydrogen-bond acceptors (Lipinski definition) is 5. The summed E-state index contributed by atoms with van der Waals surface area (Å²) in [5, 5.41) is 11.6. The summed E-state index contributed by atoms with van der Waals surface area (Å²) in [7, 11) is 1.97. The smallest absolute Gasteiger partial charge is 0.149 e. The fourth-order valence-corrected chi connectivity index (χ4v) is 2.46. The van der Waals surface area contributed by atoms with Crippen LogP contribution in [-0.4, -0.2) is 58.1 Å². The molecule has 0 aliphatic carbocycles. The van der Waals surface area contributed by atoms with Crippen molar-refractivity contribution in [3.05, 3.63) is 12.2 Å². The Morgan fingerprint density at radius 1 is 1.42 bits per heavy atom. The molecule has 0 amide bonds. The Morgan fingerprint density at radius 3 is 2.68 bits per heavy atom. The minimum Gasteiger partial charge on any atom is -0.379 e. The Morgan fingerprint density at radius 2 is 2.11 bits per heavy atom. The third-order valence-electron chi connectivity index (χ3n) is 3.84. The zero-order chi connectivity index (χ0) is 13.9. The summed E-state index contributed by atoms with van der Waals surface area (Å²) in [6, 6.07) is 0.202. The molecular formula is C13H25N5O. The van der Waals surface area contributed by atoms with Gasteiger partial charge in [0.05, 0.1) is 19.3 Å². The highest BCUT2D eigenvalue weighted by Gasteiger charge is 2.28. The molecular weight excluding hydrogens is 242 g/mol. The quantitative estimate of drug-likeness (QED) is 0.845. The molecule has 0 spiro atoms. The maximum Gasteiger partial charge on any atom is 0.149 e. The van der Waals surface area contributed by atoms with Crippen molar-refractivity contribution in [1.82, 2.24) is 25.0 Å². The largest absolute Gasteiger partial charge is 0.379 e. The van der Waals surface area contributed by atoms with E-state index >= 15 is 0 Å². The highest BCUT2D eigenvalue weighted by molar-refractivity contribution is 4.94. The van der Waals surface area contributed by atoms with Gasteiger partial charge in [0.25, 0.3) is 0 Å². The molecule has 1 aromatic rings. The van der Waals surface area contributed by atoms with E-state index in [1.807, 2.05) is 11.6 Å². The molecule has 6 heteroatoms. The van der Waals surface area contributed by atoms with Gasteiger partial charge in [-0.3, -0.25) is 4.90 Å². The number of aryl methyl sites for hydroxylation is 1. The second kappa shape index (κ2) is 5.98. The van der Waals surface area contributed by atoms with Crippen LogP contribution in [0.25, 0.3) is 0 Å². The standard InChI is InChI=1S/C13H25N5O/c1-11(12-16-15-10-17(12)4)14-9-13(2,3)18-5-7-19-8-6-18/h10-11,14H,5-9H2,1-4H3. The molecule has 0 saturated carbocycles. The molecule has 0 bridgehead atoms. The Labute approximate surface area is 115 Å². The molecule has 1 N–H and O–H groups in total. The van der Waals surface area contributed by atoms with Crippen LogP contribution in [0.5, 0.6) is 0 Å². The summed E-state index contributed by atoms with van der Waals surface area (Å²) in [6.45, 7) is 11.3. The fraction of sp³-hybridized carbons (Fsp3) is 0.846. The molecule has 1 aliphatic rings. The normalized spacial score (nSPS) is 19.6. The van der Waals surface area contributed by atoms with E-state index in [0.29, 0.717) is 0 Å². The second-order valence-electron chi connectivity index (χ2n) is 5.81. The summed E-state index contributed by atoms with van der Waals surface area (Å²) in [6.07, 6.45) is 1.74. The van der Waals surface area contributed by atoms with Gasteiger partial charge in [0, 0.05) is 32.2 Å². The Kier molecular flexibility index (Phi) is 4.54. The number of nitrogens with zero attached hydrogens (tertiary/aromatic N) is 4. The van der Waals surface area contributed by atoms with Crippen molar-refractivity contribution in [3.63, 3.8) is 0 Å². The van der Waals surface area contributed by atoms with Gasteiger partial charge in [-0.05, 0) is 20.8 Å². The monoisotopic (exact) mass is 267 g/mol. The highest BCUT2D eigenvalue weighted by Crippen LogP contribution is 2.17. The number of nitrogens with one attached hydrogen (secondary N) is 1. The van der Waals surface area contributed by atoms with Crippen LogP contribution in [0.2, 0.25) is 0 Å². The lowest BCUT2D eigenvalue weighted by molar-refractivity contribution is -0.0103. The Balaban J connectivity index is 1.88. The van der Waals surface area contributed by atoms with Crippen molar-refractivity contribution in [2.45, 2.75) is 32.4 Å². The zero-order valence-corrected chi connectivity index (χ0v) is 12.4. The summed E-state index contributed by atoms with van der Waals surface area (Å²) >= 11 is 0. The predicted octanol–water partition coefficient (Wildman–Crippen LogP) is 0.577. The Hall–Kier alpha value is -0.980. The maximum absolute atomic E-state index is 5.41. The van der Waals surface area contributed by atoms with Crippen LogP contribution in [0.3, 0.4) is 0 Å². The van der Waals surface area contributed by atoms with Crippen molar-refractivity contribution in [1.29, 1.82) is 0 Å². The molecule has 2 heterocycles. The van der Waals surface area contributed by atoms with Gasteiger partial charge in [-0.25, -0.2) is 0 Å². The van der Waals surface area contributed by atoms with E-state index in [9.17, 15) is 0 Å². The first-order valence-electron chi connectivity index (χ1n) is 6.91. The fourth-order valence-electron chi connectivity index (χ4n) is 2.46. The molecule has 6 nitrogen and oxygen atoms in total. The van der Waals surface area contributed by atoms with Gasteiger partial charge in [-0.2, -0.15) is 0 Å². The SMILES string of the molecule is CC(NCC(C)(C)N1CCOCC1)c1nncn1C. The van der Waals surface area contributed by atoms with Crippen LogP contribution in [0.15, 0.2) is 6.33 Å². The van der Waals surface area contributed by atoms with Crippen LogP contribution < -0.4 is 5.32 Å². The molecule has 1 atom stereocenters. The first-order valence-corrected chi connectivity index (χ1v) is 6.91. The molecule has 1 aliphatic heterocycles. The summed E-state index contributed by atoms with van der Waals surface area (Å²) in [5.41, 5.74) is 0.122. The van der Waals surface area contributed by atoms with Crippen molar-refractivity contribution < 1.29 is 4.74 Å². The second-order valence-corrected chi connectivity index (χ2v) is 5.81. The molecule has 1 unspecified atom stereocenters. The van der Waals surface area contributed by atoms with Crippen molar-refractivity contribution in [3.8, 4) is 0 Å². The van der Waals surface area contributed by atoms with Crippen molar-refractivity contribution in [2.75, 3.05) is 32.8 Å². The van der Waals surface area contributed by atoms with Gasteiger partial charge in [0.15, 0.2) is 0 Å². The number of rotatable bonds is 5. The van der Waals surface area contributed by atoms with Gasteiger partial charge in [-0.1, -0.05) is 0 Å². The van der Waals surface area contributed by atoms with Crippen LogP contribution in [0, 0.1) is 0 Å². The van der Waals surface area contributed by atoms with E-state index < -0.39 is 0 Å². The van der Waals surface area contributed by atoms with E-state index in [-0.39, 0.29) is 11.6 Å². The first-order chi connectivity index (χ1) is 9.00. The van der Waals surface area contributed by atoms with Crippen molar-refractivity contribution >= 4 is 0 Å². The molecule has 1 saturated heterocycles. The summed E-state index contributed by atoms with van der Waals surface area (Å²) < 4.78 is 7.37. The predicted molar refractivity (Wildman–Crippen MR) is 73.9 cm³/mol. The lowest BCUT2D eigenvalue weighted by atomic mass is 10.0. The number of hydrogen-bond donors (Lipinski definition) is 1. The van der Waals surface area contributed by atoms with Gasteiger partial charge < -0.3 is 14.6 Å². The summed E-state index contributed by atoms with van der Waals surface area (Å²) in [4.78, 5) is 2.48. The lowest BCUT2D eigenvalue weighted by Gasteiger charge is -2.41. The molecule has 19 heavy (non-hydrogen) atoms. The van der Waals surface area contributed by atoms with Crippen LogP contribution in [-0.2, 0) is 11.8 Å². The van der Waals surface area contributed by atoms with E-state index in [4.69, 9.17) is 4.74 Å². The molecule has 108 valence electrons. The molecule has 2 rings (SSSR count). The van der Waals surface area contributed by atoms with Crippen LogP contribution in [0.1, 0.15) is 32.6 Å². The van der Waals surface area contributed by atoms with E-state index in [0.717, 1.165) is 38.7 Å². The lowest BCUT2D eigenvalue weighted by Crippen LogP contribution is -2.55. The zero-order valence-electron chi connectivity index (χ0n) is 12.4. The van der Waals surface area contributed by atoms with Gasteiger partial charge in [-0.15, -0.1) is 10.2 Å². The first kappa shape index (κ1) is 14.4. The van der Waals surface area contributed by atoms with Gasteiger partial charge in [0.1, 0.15) is 12.2 Å². The molecule has 1 fully saturated rings. The average Bonchev–Trinajstić information content (AvgIpc) is 2.83. The van der Waals surface area contributed by atoms with Crippen LogP contribution in [0.4, 0.5) is 0 Å². The molecule has 0 radical (unpaired) electrons. The van der Waals surface area contributed by atoms with Gasteiger partial charge in [0.2, 0.25) is 0 Å².